The smallest absolute Gasteiger partial charge is 0.151 e. The quantitative estimate of drug-likeness (QED) is 0.540. The molecule has 0 fully saturated rings. The molecule has 0 spiro atoms. The molecule has 0 rings (SSSR count). The fourth-order valence-corrected chi connectivity index (χ4v) is 4.65. The van der Waals surface area contributed by atoms with E-state index in [9.17, 15) is 8.42 Å². The Morgan fingerprint density at radius 2 is 1.20 bits per heavy atom. The fraction of sp³-hybridized carbons (Fsp3) is 1.00. The van der Waals surface area contributed by atoms with Crippen LogP contribution in [0.15, 0.2) is 0 Å². The molecular weight excluding hydrogens is 256 g/mol. The molecule has 2 N–H and O–H groups in total. The van der Waals surface area contributed by atoms with Crippen LogP contribution >= 0.6 is 23.5 Å². The zero-order chi connectivity index (χ0) is 11.6. The van der Waals surface area contributed by atoms with E-state index in [0.29, 0.717) is 23.0 Å². The van der Waals surface area contributed by atoms with Crippen LogP contribution in [0.2, 0.25) is 0 Å². The predicted molar refractivity (Wildman–Crippen MR) is 67.5 cm³/mol. The first-order valence-corrected chi connectivity index (χ1v) is 8.83. The topological polar surface area (TPSA) is 74.6 Å². The van der Waals surface area contributed by atoms with Gasteiger partial charge in [0.15, 0.2) is 9.84 Å². The molecule has 0 saturated heterocycles. The maximum absolute atomic E-state index is 11.4. The summed E-state index contributed by atoms with van der Waals surface area (Å²) >= 11 is 2.90. The number of hydrogen-bond acceptors (Lipinski definition) is 6. The van der Waals surface area contributed by atoms with E-state index >= 15 is 0 Å². The maximum Gasteiger partial charge on any atom is 0.151 e. The van der Waals surface area contributed by atoms with Crippen molar-refractivity contribution in [2.45, 2.75) is 0 Å². The van der Waals surface area contributed by atoms with Gasteiger partial charge in [-0.15, -0.1) is 0 Å². The van der Waals surface area contributed by atoms with Crippen LogP contribution in [0.5, 0.6) is 0 Å². The zero-order valence-electron chi connectivity index (χ0n) is 8.59. The van der Waals surface area contributed by atoms with Gasteiger partial charge in [-0.1, -0.05) is 0 Å². The van der Waals surface area contributed by atoms with Gasteiger partial charge in [0.25, 0.3) is 0 Å². The molecule has 7 heteroatoms. The van der Waals surface area contributed by atoms with Crippen molar-refractivity contribution in [3.8, 4) is 0 Å². The van der Waals surface area contributed by atoms with Crippen LogP contribution in [-0.2, 0) is 9.84 Å². The number of rotatable bonds is 10. The lowest BCUT2D eigenvalue weighted by molar-refractivity contribution is 0.322. The van der Waals surface area contributed by atoms with Crippen molar-refractivity contribution in [3.63, 3.8) is 0 Å². The normalized spacial score (nSPS) is 11.9. The molecule has 0 aromatic heterocycles. The Labute approximate surface area is 99.8 Å². The largest absolute Gasteiger partial charge is 0.396 e. The van der Waals surface area contributed by atoms with Crippen LogP contribution in [0.4, 0.5) is 0 Å². The Kier molecular flexibility index (Phi) is 10.1. The molecule has 0 amide bonds. The Hall–Kier alpha value is 0.570. The molecule has 0 heterocycles. The van der Waals surface area contributed by atoms with Crippen molar-refractivity contribution >= 4 is 33.4 Å². The minimum atomic E-state index is -2.95. The van der Waals surface area contributed by atoms with Gasteiger partial charge in [-0.25, -0.2) is 8.42 Å². The average Bonchev–Trinajstić information content (AvgIpc) is 2.20. The summed E-state index contributed by atoms with van der Waals surface area (Å²) in [6.07, 6.45) is 0. The summed E-state index contributed by atoms with van der Waals surface area (Å²) in [6.45, 7) is 0.189. The molecule has 0 bridgehead atoms. The minimum Gasteiger partial charge on any atom is -0.396 e. The average molecular weight is 274 g/mol. The third kappa shape index (κ3) is 10.8. The van der Waals surface area contributed by atoms with Crippen LogP contribution in [0, 0.1) is 0 Å². The van der Waals surface area contributed by atoms with Gasteiger partial charge in [-0.3, -0.25) is 0 Å². The second-order valence-electron chi connectivity index (χ2n) is 2.82. The lowest BCUT2D eigenvalue weighted by atomic mass is 10.9. The maximum atomic E-state index is 11.4. The van der Waals surface area contributed by atoms with Crippen molar-refractivity contribution in [3.05, 3.63) is 0 Å². The van der Waals surface area contributed by atoms with Gasteiger partial charge in [0.1, 0.15) is 0 Å². The van der Waals surface area contributed by atoms with Crippen LogP contribution < -0.4 is 0 Å². The SMILES string of the molecule is O=S(=O)(CCSCCO)CCSCCO. The van der Waals surface area contributed by atoms with Gasteiger partial charge in [0, 0.05) is 23.0 Å². The highest BCUT2D eigenvalue weighted by molar-refractivity contribution is 8.02. The zero-order valence-corrected chi connectivity index (χ0v) is 11.0. The van der Waals surface area contributed by atoms with Crippen molar-refractivity contribution in [2.75, 3.05) is 47.7 Å². The molecule has 92 valence electrons. The summed E-state index contributed by atoms with van der Waals surface area (Å²) in [4.78, 5) is 0. The predicted octanol–water partition coefficient (Wildman–Crippen LogP) is -0.148. The third-order valence-electron chi connectivity index (χ3n) is 1.55. The van der Waals surface area contributed by atoms with E-state index in [1.165, 1.54) is 23.5 Å². The molecule has 0 aliphatic carbocycles. The Bertz CT molecular complexity index is 210. The van der Waals surface area contributed by atoms with E-state index in [1.54, 1.807) is 0 Å². The van der Waals surface area contributed by atoms with Crippen LogP contribution in [0.1, 0.15) is 0 Å². The Morgan fingerprint density at radius 1 is 0.800 bits per heavy atom. The number of aliphatic hydroxyl groups excluding tert-OH is 2. The molecule has 0 aromatic carbocycles. The summed E-state index contributed by atoms with van der Waals surface area (Å²) in [5.74, 6) is 2.64. The van der Waals surface area contributed by atoms with Crippen molar-refractivity contribution in [1.82, 2.24) is 0 Å². The van der Waals surface area contributed by atoms with Crippen LogP contribution in [0.3, 0.4) is 0 Å². The lowest BCUT2D eigenvalue weighted by Gasteiger charge is -2.03. The second kappa shape index (κ2) is 9.77. The summed E-state index contributed by atoms with van der Waals surface area (Å²) in [6, 6.07) is 0. The highest BCUT2D eigenvalue weighted by atomic mass is 32.2. The highest BCUT2D eigenvalue weighted by Crippen LogP contribution is 2.05. The summed E-state index contributed by atoms with van der Waals surface area (Å²) in [5, 5.41) is 17.0. The first-order chi connectivity index (χ1) is 7.12. The minimum absolute atomic E-state index is 0.0943. The van der Waals surface area contributed by atoms with Crippen molar-refractivity contribution in [1.29, 1.82) is 0 Å². The number of aliphatic hydroxyl groups is 2. The fourth-order valence-electron chi connectivity index (χ4n) is 0.807. The monoisotopic (exact) mass is 274 g/mol. The van der Waals surface area contributed by atoms with Gasteiger partial charge in [0.2, 0.25) is 0 Å². The van der Waals surface area contributed by atoms with E-state index < -0.39 is 9.84 Å². The molecule has 0 radical (unpaired) electrons. The van der Waals surface area contributed by atoms with E-state index in [4.69, 9.17) is 10.2 Å². The van der Waals surface area contributed by atoms with E-state index in [2.05, 4.69) is 0 Å². The van der Waals surface area contributed by atoms with Crippen LogP contribution in [-0.4, -0.2) is 66.4 Å². The van der Waals surface area contributed by atoms with E-state index in [-0.39, 0.29) is 24.7 Å². The standard InChI is InChI=1S/C8H18O4S3/c9-1-3-13-5-7-15(11,12)8-6-14-4-2-10/h9-10H,1-8H2. The molecule has 0 atom stereocenters. The molecule has 0 aliphatic rings. The molecule has 4 nitrogen and oxygen atoms in total. The molecule has 0 aliphatic heterocycles. The molecule has 0 unspecified atom stereocenters. The summed E-state index contributed by atoms with van der Waals surface area (Å²) in [5.41, 5.74) is 0. The molecule has 0 aromatic rings. The first-order valence-electron chi connectivity index (χ1n) is 4.70. The van der Waals surface area contributed by atoms with Crippen LogP contribution in [0.25, 0.3) is 0 Å². The lowest BCUT2D eigenvalue weighted by Crippen LogP contribution is -2.15. The highest BCUT2D eigenvalue weighted by Gasteiger charge is 2.09. The molecule has 0 saturated carbocycles. The molecular formula is C8H18O4S3. The van der Waals surface area contributed by atoms with Crippen molar-refractivity contribution in [2.24, 2.45) is 0 Å². The van der Waals surface area contributed by atoms with Gasteiger partial charge in [0.05, 0.1) is 24.7 Å². The third-order valence-corrected chi connectivity index (χ3v) is 5.65. The summed E-state index contributed by atoms with van der Waals surface area (Å²) in [7, 11) is -2.95. The number of sulfone groups is 1. The second-order valence-corrected chi connectivity index (χ2v) is 7.58. The molecule has 15 heavy (non-hydrogen) atoms. The van der Waals surface area contributed by atoms with E-state index in [0.717, 1.165) is 0 Å². The Balaban J connectivity index is 3.50. The van der Waals surface area contributed by atoms with Gasteiger partial charge in [-0.05, 0) is 0 Å². The Morgan fingerprint density at radius 3 is 1.53 bits per heavy atom. The van der Waals surface area contributed by atoms with Gasteiger partial charge in [-0.2, -0.15) is 23.5 Å². The number of hydrogen-bond donors (Lipinski definition) is 2. The van der Waals surface area contributed by atoms with Gasteiger partial charge < -0.3 is 10.2 Å². The van der Waals surface area contributed by atoms with Crippen molar-refractivity contribution < 1.29 is 18.6 Å². The van der Waals surface area contributed by atoms with Gasteiger partial charge >= 0.3 is 0 Å². The summed E-state index contributed by atoms with van der Waals surface area (Å²) < 4.78 is 22.8. The van der Waals surface area contributed by atoms with E-state index in [1.807, 2.05) is 0 Å². The first kappa shape index (κ1) is 15.6. The number of thioether (sulfide) groups is 2.